The van der Waals surface area contributed by atoms with E-state index in [-0.39, 0.29) is 0 Å². The van der Waals surface area contributed by atoms with Gasteiger partial charge >= 0.3 is 0 Å². The van der Waals surface area contributed by atoms with Gasteiger partial charge in [-0.1, -0.05) is 0 Å². The van der Waals surface area contributed by atoms with Gasteiger partial charge in [0.05, 0.1) is 12.4 Å². The number of thioether (sulfide) groups is 2. The van der Waals surface area contributed by atoms with Crippen molar-refractivity contribution in [2.75, 3.05) is 0 Å². The molecule has 0 saturated heterocycles. The Bertz CT molecular complexity index is 174. The second-order valence-corrected chi connectivity index (χ2v) is 2.98. The van der Waals surface area contributed by atoms with Crippen LogP contribution in [0.3, 0.4) is 0 Å². The van der Waals surface area contributed by atoms with Gasteiger partial charge in [0.1, 0.15) is 0 Å². The van der Waals surface area contributed by atoms with E-state index in [9.17, 15) is 0 Å². The number of nitrogens with zero attached hydrogens (tertiary/aromatic N) is 2. The normalized spacial score (nSPS) is 17.6. The lowest BCUT2D eigenvalue weighted by Crippen LogP contribution is -1.51. The zero-order valence-corrected chi connectivity index (χ0v) is 6.81. The first kappa shape index (κ1) is 7.63. The van der Waals surface area contributed by atoms with Crippen LogP contribution in [0, 0.1) is 0 Å². The van der Waals surface area contributed by atoms with Gasteiger partial charge in [-0.25, -0.2) is 0 Å². The molecular formula is C6H6N2S2. The van der Waals surface area contributed by atoms with E-state index in [2.05, 4.69) is 10.2 Å². The maximum atomic E-state index is 3.72. The Labute approximate surface area is 68.2 Å². The van der Waals surface area contributed by atoms with Crippen LogP contribution in [0.5, 0.6) is 0 Å². The largest absolute Gasteiger partial charge is 0.159 e. The lowest BCUT2D eigenvalue weighted by molar-refractivity contribution is 1.23. The summed E-state index contributed by atoms with van der Waals surface area (Å²) in [6, 6.07) is 0. The average molecular weight is 170 g/mol. The zero-order valence-electron chi connectivity index (χ0n) is 5.18. The van der Waals surface area contributed by atoms with Crippen LogP contribution >= 0.6 is 23.5 Å². The van der Waals surface area contributed by atoms with Gasteiger partial charge in [0.25, 0.3) is 0 Å². The fourth-order valence-electron chi connectivity index (χ4n) is 0.357. The molecule has 0 spiro atoms. The molecule has 0 bridgehead atoms. The monoisotopic (exact) mass is 170 g/mol. The number of hydrogen-bond acceptors (Lipinski definition) is 4. The van der Waals surface area contributed by atoms with Crippen molar-refractivity contribution in [2.24, 2.45) is 10.2 Å². The predicted octanol–water partition coefficient (Wildman–Crippen LogP) is 3.33. The van der Waals surface area contributed by atoms with Gasteiger partial charge in [0.2, 0.25) is 0 Å². The summed E-state index contributed by atoms with van der Waals surface area (Å²) < 4.78 is 0. The summed E-state index contributed by atoms with van der Waals surface area (Å²) in [7, 11) is 0. The molecule has 0 aromatic carbocycles. The van der Waals surface area contributed by atoms with E-state index in [4.69, 9.17) is 0 Å². The van der Waals surface area contributed by atoms with Gasteiger partial charge < -0.3 is 0 Å². The fourth-order valence-corrected chi connectivity index (χ4v) is 1.30. The first-order chi connectivity index (χ1) is 5.00. The summed E-state index contributed by atoms with van der Waals surface area (Å²) in [5.41, 5.74) is 0. The van der Waals surface area contributed by atoms with Gasteiger partial charge in [-0.15, -0.1) is 23.5 Å². The van der Waals surface area contributed by atoms with Gasteiger partial charge in [-0.2, -0.15) is 10.2 Å². The smallest absolute Gasteiger partial charge is 0.0561 e. The topological polar surface area (TPSA) is 24.7 Å². The Kier molecular flexibility index (Phi) is 4.05. The third-order valence-electron chi connectivity index (χ3n) is 0.692. The van der Waals surface area contributed by atoms with Crippen molar-refractivity contribution in [2.45, 2.75) is 0 Å². The van der Waals surface area contributed by atoms with E-state index < -0.39 is 0 Å². The van der Waals surface area contributed by atoms with E-state index in [1.54, 1.807) is 35.9 Å². The summed E-state index contributed by atoms with van der Waals surface area (Å²) in [6.07, 6.45) is 3.32. The van der Waals surface area contributed by atoms with Crippen molar-refractivity contribution >= 4 is 23.5 Å². The van der Waals surface area contributed by atoms with Crippen molar-refractivity contribution in [1.29, 1.82) is 0 Å². The van der Waals surface area contributed by atoms with Crippen molar-refractivity contribution in [1.82, 2.24) is 0 Å². The van der Waals surface area contributed by atoms with E-state index in [1.807, 2.05) is 21.6 Å². The quantitative estimate of drug-likeness (QED) is 0.557. The predicted molar refractivity (Wildman–Crippen MR) is 47.5 cm³/mol. The van der Waals surface area contributed by atoms with Crippen LogP contribution in [0.4, 0.5) is 0 Å². The minimum Gasteiger partial charge on any atom is -0.159 e. The minimum absolute atomic E-state index is 1.58. The van der Waals surface area contributed by atoms with Crippen LogP contribution in [0.2, 0.25) is 0 Å². The Balaban J connectivity index is 2.51. The fraction of sp³-hybridized carbons (Fsp3) is 0. The molecule has 1 heterocycles. The molecular weight excluding hydrogens is 164 g/mol. The van der Waals surface area contributed by atoms with E-state index in [0.29, 0.717) is 0 Å². The third-order valence-corrected chi connectivity index (χ3v) is 2.01. The molecule has 0 atom stereocenters. The molecule has 10 heavy (non-hydrogen) atoms. The summed E-state index contributed by atoms with van der Waals surface area (Å²) >= 11 is 3.16. The molecule has 0 aromatic heterocycles. The van der Waals surface area contributed by atoms with Gasteiger partial charge in [0.15, 0.2) is 0 Å². The Morgan fingerprint density at radius 2 is 1.20 bits per heavy atom. The number of hydrogen-bond donors (Lipinski definition) is 0. The number of azo groups is 1. The highest BCUT2D eigenvalue weighted by Crippen LogP contribution is 2.12. The molecule has 52 valence electrons. The Hall–Kier alpha value is -0.480. The molecule has 1 aliphatic rings. The molecule has 0 saturated carbocycles. The van der Waals surface area contributed by atoms with Gasteiger partial charge in [-0.3, -0.25) is 0 Å². The average Bonchev–Trinajstić information content (AvgIpc) is 2.01. The second kappa shape index (κ2) is 5.32. The third kappa shape index (κ3) is 3.53. The SMILES string of the molecule is C1=CSC=CSC=CN=N1. The molecule has 0 unspecified atom stereocenters. The van der Waals surface area contributed by atoms with E-state index in [1.165, 1.54) is 0 Å². The first-order valence-electron chi connectivity index (χ1n) is 2.66. The van der Waals surface area contributed by atoms with E-state index in [0.717, 1.165) is 0 Å². The van der Waals surface area contributed by atoms with Crippen LogP contribution in [0.1, 0.15) is 0 Å². The highest BCUT2D eigenvalue weighted by Gasteiger charge is 1.74. The molecule has 2 nitrogen and oxygen atoms in total. The van der Waals surface area contributed by atoms with Crippen molar-refractivity contribution in [3.8, 4) is 0 Å². The standard InChI is InChI=1S/C6H6N2S2/c1-3-9-5-6-10-4-2-8-7-1/h1-6H. The van der Waals surface area contributed by atoms with Crippen molar-refractivity contribution in [3.63, 3.8) is 0 Å². The highest BCUT2D eigenvalue weighted by atomic mass is 32.2. The highest BCUT2D eigenvalue weighted by molar-refractivity contribution is 8.08. The molecule has 4 heteroatoms. The lowest BCUT2D eigenvalue weighted by atomic mass is 11.0. The molecule has 1 aliphatic heterocycles. The van der Waals surface area contributed by atoms with Gasteiger partial charge in [0, 0.05) is 0 Å². The summed E-state index contributed by atoms with van der Waals surface area (Å²) in [4.78, 5) is 0. The lowest BCUT2D eigenvalue weighted by Gasteiger charge is -1.83. The Morgan fingerprint density at radius 3 is 1.70 bits per heavy atom. The molecule has 0 aliphatic carbocycles. The summed E-state index contributed by atoms with van der Waals surface area (Å²) in [5, 5.41) is 15.2. The molecule has 0 fully saturated rings. The number of rotatable bonds is 0. The van der Waals surface area contributed by atoms with E-state index >= 15 is 0 Å². The molecule has 0 N–H and O–H groups in total. The van der Waals surface area contributed by atoms with Crippen LogP contribution in [-0.2, 0) is 0 Å². The molecule has 0 amide bonds. The summed E-state index contributed by atoms with van der Waals surface area (Å²) in [5.74, 6) is 0. The maximum Gasteiger partial charge on any atom is 0.0561 e. The van der Waals surface area contributed by atoms with Crippen molar-refractivity contribution in [3.05, 3.63) is 34.0 Å². The molecule has 0 radical (unpaired) electrons. The Morgan fingerprint density at radius 1 is 0.700 bits per heavy atom. The minimum atomic E-state index is 1.58. The van der Waals surface area contributed by atoms with Crippen LogP contribution in [0.25, 0.3) is 0 Å². The maximum absolute atomic E-state index is 3.72. The first-order valence-corrected chi connectivity index (χ1v) is 4.54. The summed E-state index contributed by atoms with van der Waals surface area (Å²) in [6.45, 7) is 0. The second-order valence-electron chi connectivity index (χ2n) is 1.35. The van der Waals surface area contributed by atoms with Crippen molar-refractivity contribution < 1.29 is 0 Å². The van der Waals surface area contributed by atoms with Crippen LogP contribution in [-0.4, -0.2) is 0 Å². The zero-order chi connectivity index (χ0) is 7.07. The molecule has 1 rings (SSSR count). The van der Waals surface area contributed by atoms with Crippen LogP contribution in [0.15, 0.2) is 44.3 Å². The molecule has 0 aromatic rings. The van der Waals surface area contributed by atoms with Gasteiger partial charge in [-0.05, 0) is 21.6 Å². The van der Waals surface area contributed by atoms with Crippen LogP contribution < -0.4 is 0 Å².